The summed E-state index contributed by atoms with van der Waals surface area (Å²) in [6, 6.07) is 7.25. The van der Waals surface area contributed by atoms with Gasteiger partial charge in [0, 0.05) is 30.8 Å². The zero-order chi connectivity index (χ0) is 13.1. The highest BCUT2D eigenvalue weighted by Crippen LogP contribution is 2.28. The van der Waals surface area contributed by atoms with Crippen molar-refractivity contribution in [3.8, 4) is 0 Å². The normalized spacial score (nSPS) is 19.3. The molecule has 96 valence electrons. The van der Waals surface area contributed by atoms with Crippen molar-refractivity contribution in [2.24, 2.45) is 0 Å². The first-order valence-corrected chi connectivity index (χ1v) is 6.65. The first kappa shape index (κ1) is 13.1. The summed E-state index contributed by atoms with van der Waals surface area (Å²) >= 11 is 1.23. The van der Waals surface area contributed by atoms with Gasteiger partial charge >= 0.3 is 0 Å². The summed E-state index contributed by atoms with van der Waals surface area (Å²) in [5, 5.41) is 9.06. The number of hydrogen-bond acceptors (Lipinski definition) is 4. The Morgan fingerprint density at radius 1 is 1.44 bits per heavy atom. The summed E-state index contributed by atoms with van der Waals surface area (Å²) in [6.45, 7) is 2.09. The van der Waals surface area contributed by atoms with E-state index in [1.54, 1.807) is 17.0 Å². The van der Waals surface area contributed by atoms with Crippen LogP contribution in [-0.2, 0) is 16.2 Å². The molecular formula is C13H15NO3S. The van der Waals surface area contributed by atoms with Crippen molar-refractivity contribution in [1.82, 2.24) is 0 Å². The van der Waals surface area contributed by atoms with E-state index in [0.717, 1.165) is 11.3 Å². The number of amides is 1. The Balaban J connectivity index is 2.08. The van der Waals surface area contributed by atoms with E-state index in [1.165, 1.54) is 18.7 Å². The number of hydrogen-bond donors (Lipinski definition) is 1. The van der Waals surface area contributed by atoms with Crippen LogP contribution < -0.4 is 4.90 Å². The third-order valence-corrected chi connectivity index (χ3v) is 3.83. The van der Waals surface area contributed by atoms with Crippen molar-refractivity contribution in [1.29, 1.82) is 0 Å². The molecule has 0 spiro atoms. The largest absolute Gasteiger partial charge is 0.392 e. The van der Waals surface area contributed by atoms with Crippen LogP contribution in [0, 0.1) is 0 Å². The fourth-order valence-corrected chi connectivity index (χ4v) is 2.94. The van der Waals surface area contributed by atoms with Crippen molar-refractivity contribution in [2.75, 3.05) is 11.4 Å². The van der Waals surface area contributed by atoms with Gasteiger partial charge in [-0.2, -0.15) is 0 Å². The summed E-state index contributed by atoms with van der Waals surface area (Å²) in [7, 11) is 0. The molecule has 1 aliphatic heterocycles. The number of carbonyl (C=O) groups excluding carboxylic acids is 2. The lowest BCUT2D eigenvalue weighted by Gasteiger charge is -2.16. The molecule has 1 saturated heterocycles. The van der Waals surface area contributed by atoms with Gasteiger partial charge in [-0.05, 0) is 17.7 Å². The molecule has 0 bridgehead atoms. The van der Waals surface area contributed by atoms with Crippen molar-refractivity contribution >= 4 is 28.5 Å². The third kappa shape index (κ3) is 2.91. The predicted molar refractivity (Wildman–Crippen MR) is 71.4 cm³/mol. The van der Waals surface area contributed by atoms with E-state index >= 15 is 0 Å². The lowest BCUT2D eigenvalue weighted by atomic mass is 10.2. The smallest absolute Gasteiger partial charge is 0.228 e. The molecule has 1 aromatic carbocycles. The van der Waals surface area contributed by atoms with Gasteiger partial charge in [0.1, 0.15) is 0 Å². The molecule has 0 saturated carbocycles. The molecule has 0 aliphatic carbocycles. The quantitative estimate of drug-likeness (QED) is 0.901. The molecule has 0 aromatic heterocycles. The van der Waals surface area contributed by atoms with Crippen LogP contribution in [-0.4, -0.2) is 27.9 Å². The molecule has 0 radical (unpaired) electrons. The molecule has 18 heavy (non-hydrogen) atoms. The second-order valence-corrected chi connectivity index (χ2v) is 5.74. The van der Waals surface area contributed by atoms with Crippen LogP contribution in [0.1, 0.15) is 18.9 Å². The molecule has 1 fully saturated rings. The molecule has 1 heterocycles. The second kappa shape index (κ2) is 5.54. The third-order valence-electron chi connectivity index (χ3n) is 2.85. The maximum atomic E-state index is 11.9. The van der Waals surface area contributed by atoms with Gasteiger partial charge in [-0.15, -0.1) is 0 Å². The van der Waals surface area contributed by atoms with E-state index in [0.29, 0.717) is 13.0 Å². The van der Waals surface area contributed by atoms with Crippen molar-refractivity contribution in [3.63, 3.8) is 0 Å². The lowest BCUT2D eigenvalue weighted by Crippen LogP contribution is -2.24. The van der Waals surface area contributed by atoms with Crippen molar-refractivity contribution < 1.29 is 14.7 Å². The Morgan fingerprint density at radius 2 is 2.11 bits per heavy atom. The standard InChI is InChI=1S/C13H15NO3S/c1-9(16)18-12-6-13(17)14(7-12)11-4-2-10(8-15)3-5-11/h2-5,12,15H,6-8H2,1H3. The Labute approximate surface area is 110 Å². The molecule has 4 nitrogen and oxygen atoms in total. The molecule has 5 heteroatoms. The Kier molecular flexibility index (Phi) is 4.04. The SMILES string of the molecule is CC(=O)SC1CC(=O)N(c2ccc(CO)cc2)C1. The average Bonchev–Trinajstić information content (AvgIpc) is 2.69. The minimum Gasteiger partial charge on any atom is -0.392 e. The number of aliphatic hydroxyl groups is 1. The highest BCUT2D eigenvalue weighted by molar-refractivity contribution is 8.14. The van der Waals surface area contributed by atoms with E-state index in [-0.39, 0.29) is 22.9 Å². The van der Waals surface area contributed by atoms with Crippen LogP contribution in [0.4, 0.5) is 5.69 Å². The number of thioether (sulfide) groups is 1. The van der Waals surface area contributed by atoms with Crippen LogP contribution in [0.2, 0.25) is 0 Å². The molecule has 1 aliphatic rings. The van der Waals surface area contributed by atoms with Gasteiger partial charge in [-0.25, -0.2) is 0 Å². The molecule has 1 atom stereocenters. The summed E-state index contributed by atoms with van der Waals surface area (Å²) in [5.74, 6) is 0.0468. The van der Waals surface area contributed by atoms with Gasteiger partial charge in [-0.1, -0.05) is 23.9 Å². The maximum absolute atomic E-state index is 11.9. The second-order valence-electron chi connectivity index (χ2n) is 4.26. The van der Waals surface area contributed by atoms with Gasteiger partial charge < -0.3 is 10.0 Å². The summed E-state index contributed by atoms with van der Waals surface area (Å²) in [5.41, 5.74) is 1.64. The Morgan fingerprint density at radius 3 is 2.67 bits per heavy atom. The zero-order valence-corrected chi connectivity index (χ0v) is 10.9. The summed E-state index contributed by atoms with van der Waals surface area (Å²) in [6.07, 6.45) is 0.409. The van der Waals surface area contributed by atoms with E-state index in [9.17, 15) is 9.59 Å². The Bertz CT molecular complexity index is 458. The first-order chi connectivity index (χ1) is 8.60. The van der Waals surface area contributed by atoms with Crippen LogP contribution in [0.15, 0.2) is 24.3 Å². The van der Waals surface area contributed by atoms with E-state index < -0.39 is 0 Å². The van der Waals surface area contributed by atoms with Gasteiger partial charge in [0.15, 0.2) is 5.12 Å². The summed E-state index contributed by atoms with van der Waals surface area (Å²) < 4.78 is 0. The predicted octanol–water partition coefficient (Wildman–Crippen LogP) is 1.56. The van der Waals surface area contributed by atoms with Crippen LogP contribution in [0.3, 0.4) is 0 Å². The number of rotatable bonds is 3. The summed E-state index contributed by atoms with van der Waals surface area (Å²) in [4.78, 5) is 24.6. The minimum absolute atomic E-state index is 0.00294. The Hall–Kier alpha value is -1.33. The molecule has 1 aromatic rings. The monoisotopic (exact) mass is 265 g/mol. The fraction of sp³-hybridized carbons (Fsp3) is 0.385. The van der Waals surface area contributed by atoms with E-state index in [1.807, 2.05) is 12.1 Å². The molecule has 1 N–H and O–H groups in total. The topological polar surface area (TPSA) is 57.6 Å². The lowest BCUT2D eigenvalue weighted by molar-refractivity contribution is -0.117. The van der Waals surface area contributed by atoms with Gasteiger partial charge in [0.25, 0.3) is 0 Å². The number of nitrogens with zero attached hydrogens (tertiary/aromatic N) is 1. The maximum Gasteiger partial charge on any atom is 0.228 e. The van der Waals surface area contributed by atoms with Crippen molar-refractivity contribution in [3.05, 3.63) is 29.8 Å². The van der Waals surface area contributed by atoms with Crippen molar-refractivity contribution in [2.45, 2.75) is 25.2 Å². The van der Waals surface area contributed by atoms with Crippen LogP contribution in [0.5, 0.6) is 0 Å². The number of aliphatic hydroxyl groups excluding tert-OH is 1. The minimum atomic E-state index is -0.00294. The highest BCUT2D eigenvalue weighted by atomic mass is 32.2. The first-order valence-electron chi connectivity index (χ1n) is 5.77. The number of carbonyl (C=O) groups is 2. The van der Waals surface area contributed by atoms with Gasteiger partial charge in [0.2, 0.25) is 5.91 Å². The molecule has 2 rings (SSSR count). The molecule has 1 amide bonds. The number of benzene rings is 1. The van der Waals surface area contributed by atoms with Crippen LogP contribution in [0.25, 0.3) is 0 Å². The highest BCUT2D eigenvalue weighted by Gasteiger charge is 2.31. The van der Waals surface area contributed by atoms with Gasteiger partial charge in [0.05, 0.1) is 6.61 Å². The number of anilines is 1. The average molecular weight is 265 g/mol. The van der Waals surface area contributed by atoms with Crippen LogP contribution >= 0.6 is 11.8 Å². The fourth-order valence-electron chi connectivity index (χ4n) is 2.02. The molecule has 1 unspecified atom stereocenters. The molecular weight excluding hydrogens is 250 g/mol. The zero-order valence-electron chi connectivity index (χ0n) is 10.1. The van der Waals surface area contributed by atoms with E-state index in [4.69, 9.17) is 5.11 Å². The van der Waals surface area contributed by atoms with Gasteiger partial charge in [-0.3, -0.25) is 9.59 Å². The van der Waals surface area contributed by atoms with E-state index in [2.05, 4.69) is 0 Å².